The largest absolute Gasteiger partial charge is 0.0622 e. The van der Waals surface area contributed by atoms with Crippen molar-refractivity contribution in [3.8, 4) is 11.1 Å². The number of aryl methyl sites for hydroxylation is 2. The van der Waals surface area contributed by atoms with Crippen molar-refractivity contribution in [2.75, 3.05) is 0 Å². The normalized spacial score (nSPS) is 13.8. The molecule has 0 nitrogen and oxygen atoms in total. The van der Waals surface area contributed by atoms with Gasteiger partial charge in [-0.1, -0.05) is 60.7 Å². The molecule has 2 aliphatic carbocycles. The maximum Gasteiger partial charge on any atom is -0.0238 e. The van der Waals surface area contributed by atoms with Crippen LogP contribution in [-0.2, 0) is 42.2 Å². The van der Waals surface area contributed by atoms with Gasteiger partial charge in [-0.15, -0.1) is 0 Å². The number of benzene rings is 7. The maximum absolute atomic E-state index is 2.55. The zero-order valence-electron chi connectivity index (χ0n) is 28.1. The third-order valence-corrected chi connectivity index (χ3v) is 19.2. The van der Waals surface area contributed by atoms with E-state index in [1.54, 1.807) is 19.8 Å². The topological polar surface area (TPSA) is 0 Å². The summed E-state index contributed by atoms with van der Waals surface area (Å²) in [5, 5.41) is 4.56. The van der Waals surface area contributed by atoms with Gasteiger partial charge in [0, 0.05) is 0 Å². The van der Waals surface area contributed by atoms with Gasteiger partial charge in [0.15, 0.2) is 0 Å². The monoisotopic (exact) mass is 826 g/mol. The molecule has 50 heavy (non-hydrogen) atoms. The van der Waals surface area contributed by atoms with Crippen LogP contribution in [-0.4, -0.2) is 0 Å². The van der Waals surface area contributed by atoms with Gasteiger partial charge in [0.1, 0.15) is 0 Å². The molecule has 0 amide bonds. The quantitative estimate of drug-likeness (QED) is 0.106. The molecule has 0 N–H and O–H groups in total. The smallest absolute Gasteiger partial charge is 0.0238 e. The van der Waals surface area contributed by atoms with Gasteiger partial charge in [-0.3, -0.25) is 0 Å². The van der Waals surface area contributed by atoms with E-state index in [-0.39, 0.29) is 0 Å². The molecule has 0 aliphatic heterocycles. The summed E-state index contributed by atoms with van der Waals surface area (Å²) in [6.07, 6.45) is 5.90. The first-order chi connectivity index (χ1) is 24.8. The molecule has 9 rings (SSSR count). The Kier molecular flexibility index (Phi) is 10.2. The van der Waals surface area contributed by atoms with E-state index < -0.39 is 30.8 Å². The van der Waals surface area contributed by atoms with Crippen molar-refractivity contribution in [1.29, 1.82) is 0 Å². The Morgan fingerprint density at radius 2 is 1.00 bits per heavy atom. The number of fused-ring (bicyclic) bond motifs is 4. The molecule has 7 aromatic carbocycles. The van der Waals surface area contributed by atoms with Gasteiger partial charge in [-0.25, -0.2) is 0 Å². The Morgan fingerprint density at radius 3 is 1.64 bits per heavy atom. The summed E-state index contributed by atoms with van der Waals surface area (Å²) in [5.74, 6) is 0. The summed E-state index contributed by atoms with van der Waals surface area (Å²) in [4.78, 5) is 0. The van der Waals surface area contributed by atoms with Crippen LogP contribution < -0.4 is 13.9 Å². The molecular weight excluding hydrogens is 786 g/mol. The molecule has 2 aliphatic rings. The van der Waals surface area contributed by atoms with E-state index in [0.29, 0.717) is 3.67 Å². The summed E-state index contributed by atoms with van der Waals surface area (Å²) < 4.78 is 2.26. The number of allylic oxidation sites excluding steroid dienone is 1. The predicted molar refractivity (Wildman–Crippen MR) is 211 cm³/mol. The molecule has 0 bridgehead atoms. The van der Waals surface area contributed by atoms with Crippen LogP contribution in [0.5, 0.6) is 0 Å². The number of hydrogen-bond acceptors (Lipinski definition) is 0. The van der Waals surface area contributed by atoms with Gasteiger partial charge in [0.05, 0.1) is 0 Å². The number of rotatable bonds is 8. The van der Waals surface area contributed by atoms with Crippen LogP contribution in [0.4, 0.5) is 0 Å². The molecular formula is C48H39HfP. The van der Waals surface area contributed by atoms with Crippen molar-refractivity contribution >= 4 is 27.9 Å². The molecule has 0 saturated heterocycles. The fraction of sp³-hybridized carbons (Fsp3) is 0.0833. The molecule has 240 valence electrons. The number of hydrogen-bond donors (Lipinski definition) is 0. The van der Waals surface area contributed by atoms with Gasteiger partial charge in [-0.05, 0) is 24.0 Å². The standard InChI is InChI=1S/C21H16P.C14H14.C13H9.Hf/c1-3-11-19(12-4-1)22(20-13-5-2-6-14-20)21-15-17-9-7-8-10-18(17)16-21;1-3-7-13(8-4-1)11-12-14-9-5-2-6-10-14;1-3-7-12-10(5-1)9-11-6-2-4-8-13(11)12;/h1-16H;1-10H,11-12H2;1-5,7-8H,9H2;. The molecule has 0 aromatic heterocycles. The van der Waals surface area contributed by atoms with Crippen LogP contribution in [0.3, 0.4) is 0 Å². The SMILES string of the molecule is C1=C(P(c2ccccc2)c2ccccc2)[CH]([Hf][c]2cccc3c2Cc2ccccc2-3)c2ccccc21.c1ccc(CCc2ccccc2)cc1. The Morgan fingerprint density at radius 1 is 0.480 bits per heavy atom. The second-order valence-electron chi connectivity index (χ2n) is 12.9. The molecule has 0 saturated carbocycles. The summed E-state index contributed by atoms with van der Waals surface area (Å²) in [7, 11) is -0.577. The minimum Gasteiger partial charge on any atom is -0.0622 e. The van der Waals surface area contributed by atoms with E-state index in [1.807, 2.05) is 0 Å². The molecule has 0 spiro atoms. The van der Waals surface area contributed by atoms with Crippen molar-refractivity contribution < 1.29 is 22.9 Å². The van der Waals surface area contributed by atoms with Crippen molar-refractivity contribution in [2.45, 2.75) is 22.9 Å². The minimum atomic E-state index is -1.30. The fourth-order valence-electron chi connectivity index (χ4n) is 7.28. The maximum atomic E-state index is 2.55. The summed E-state index contributed by atoms with van der Waals surface area (Å²) in [5.41, 5.74) is 11.8. The Hall–Kier alpha value is -4.42. The molecule has 2 heteroatoms. The van der Waals surface area contributed by atoms with E-state index in [4.69, 9.17) is 0 Å². The molecule has 0 heterocycles. The predicted octanol–water partition coefficient (Wildman–Crippen LogP) is 10.7. The van der Waals surface area contributed by atoms with Crippen molar-refractivity contribution in [2.24, 2.45) is 0 Å². The Labute approximate surface area is 309 Å². The molecule has 7 aromatic rings. The van der Waals surface area contributed by atoms with Gasteiger partial charge in [0.2, 0.25) is 0 Å². The molecule has 1 unspecified atom stereocenters. The van der Waals surface area contributed by atoms with Crippen molar-refractivity contribution in [3.63, 3.8) is 0 Å². The van der Waals surface area contributed by atoms with E-state index in [9.17, 15) is 0 Å². The molecule has 1 atom stereocenters. The van der Waals surface area contributed by atoms with Crippen LogP contribution >= 0.6 is 7.92 Å². The van der Waals surface area contributed by atoms with Crippen LogP contribution in [0.15, 0.2) is 193 Å². The van der Waals surface area contributed by atoms with E-state index in [2.05, 4.69) is 194 Å². The zero-order chi connectivity index (χ0) is 33.5. The average molecular weight is 825 g/mol. The first kappa shape index (κ1) is 32.8. The van der Waals surface area contributed by atoms with Crippen LogP contribution in [0.1, 0.15) is 37.1 Å². The van der Waals surface area contributed by atoms with Crippen LogP contribution in [0.25, 0.3) is 17.2 Å². The summed E-state index contributed by atoms with van der Waals surface area (Å²) >= 11 is -1.30. The van der Waals surface area contributed by atoms with Gasteiger partial charge >= 0.3 is 227 Å². The first-order valence-electron chi connectivity index (χ1n) is 17.6. The molecule has 0 fully saturated rings. The van der Waals surface area contributed by atoms with Crippen LogP contribution in [0.2, 0.25) is 0 Å². The second kappa shape index (κ2) is 15.6. The zero-order valence-corrected chi connectivity index (χ0v) is 32.6. The first-order valence-corrected chi connectivity index (χ1v) is 22.8. The Balaban J connectivity index is 0.000000216. The third-order valence-electron chi connectivity index (χ3n) is 9.73. The summed E-state index contributed by atoms with van der Waals surface area (Å²) in [6.45, 7) is 0. The molecule has 0 radical (unpaired) electrons. The van der Waals surface area contributed by atoms with Gasteiger partial charge < -0.3 is 0 Å². The van der Waals surface area contributed by atoms with E-state index in [1.165, 1.54) is 44.0 Å². The fourth-order valence-corrected chi connectivity index (χ4v) is 17.3. The minimum absolute atomic E-state index is 0.572. The van der Waals surface area contributed by atoms with Gasteiger partial charge in [-0.2, -0.15) is 0 Å². The third kappa shape index (κ3) is 7.22. The Bertz CT molecular complexity index is 2130. The summed E-state index contributed by atoms with van der Waals surface area (Å²) in [6, 6.07) is 69.0. The van der Waals surface area contributed by atoms with E-state index >= 15 is 0 Å². The van der Waals surface area contributed by atoms with Gasteiger partial charge in [0.25, 0.3) is 0 Å². The van der Waals surface area contributed by atoms with Crippen molar-refractivity contribution in [3.05, 3.63) is 227 Å². The van der Waals surface area contributed by atoms with E-state index in [0.717, 1.165) is 19.3 Å². The van der Waals surface area contributed by atoms with Crippen molar-refractivity contribution in [1.82, 2.24) is 0 Å². The average Bonchev–Trinajstić information content (AvgIpc) is 3.75. The van der Waals surface area contributed by atoms with Crippen LogP contribution in [0, 0.1) is 0 Å². The second-order valence-corrected chi connectivity index (χ2v) is 20.2.